The molecule has 0 unspecified atom stereocenters. The molecule has 0 aliphatic rings. The van der Waals surface area contributed by atoms with Gasteiger partial charge in [-0.3, -0.25) is 9.78 Å². The summed E-state index contributed by atoms with van der Waals surface area (Å²) in [6.45, 7) is 0. The summed E-state index contributed by atoms with van der Waals surface area (Å²) in [5, 5.41) is 2.45. The molecular formula is C10H6ClNOS. The molecule has 0 saturated carbocycles. The van der Waals surface area contributed by atoms with Crippen molar-refractivity contribution in [2.45, 2.75) is 0 Å². The molecule has 70 valence electrons. The van der Waals surface area contributed by atoms with E-state index in [9.17, 15) is 4.79 Å². The average Bonchev–Trinajstić information content (AvgIpc) is 2.65. The monoisotopic (exact) mass is 223 g/mol. The number of rotatable bonds is 2. The van der Waals surface area contributed by atoms with Gasteiger partial charge < -0.3 is 0 Å². The Bertz CT molecular complexity index is 467. The van der Waals surface area contributed by atoms with Crippen LogP contribution in [0.2, 0.25) is 5.02 Å². The highest BCUT2D eigenvalue weighted by Gasteiger charge is 2.06. The van der Waals surface area contributed by atoms with Crippen LogP contribution in [0.3, 0.4) is 0 Å². The van der Waals surface area contributed by atoms with E-state index in [1.165, 1.54) is 11.3 Å². The van der Waals surface area contributed by atoms with Crippen molar-refractivity contribution in [1.29, 1.82) is 0 Å². The Morgan fingerprint density at radius 2 is 2.29 bits per heavy atom. The number of carbonyl (C=O) groups is 1. The summed E-state index contributed by atoms with van der Waals surface area (Å²) in [4.78, 5) is 15.4. The van der Waals surface area contributed by atoms with Gasteiger partial charge in [0.1, 0.15) is 0 Å². The summed E-state index contributed by atoms with van der Waals surface area (Å²) in [6, 6.07) is 3.69. The number of hydrogen-bond donors (Lipinski definition) is 0. The molecule has 14 heavy (non-hydrogen) atoms. The zero-order valence-corrected chi connectivity index (χ0v) is 8.68. The summed E-state index contributed by atoms with van der Waals surface area (Å²) >= 11 is 7.22. The number of aromatic nitrogens is 1. The van der Waals surface area contributed by atoms with Gasteiger partial charge in [0.15, 0.2) is 6.29 Å². The van der Waals surface area contributed by atoms with E-state index < -0.39 is 0 Å². The standard InChI is InChI=1S/C10H6ClNOS/c11-8-3-7(4-12-5-8)9-1-2-14-10(9)6-13/h1-6H. The minimum absolute atomic E-state index is 0.575. The number of carbonyl (C=O) groups excluding carboxylic acids is 1. The third-order valence-corrected chi connectivity index (χ3v) is 2.87. The van der Waals surface area contributed by atoms with E-state index in [4.69, 9.17) is 11.6 Å². The SMILES string of the molecule is O=Cc1sccc1-c1cncc(Cl)c1. The summed E-state index contributed by atoms with van der Waals surface area (Å²) in [7, 11) is 0. The number of halogens is 1. The highest BCUT2D eigenvalue weighted by atomic mass is 35.5. The molecule has 0 fully saturated rings. The average molecular weight is 224 g/mol. The molecule has 2 nitrogen and oxygen atoms in total. The lowest BCUT2D eigenvalue weighted by Crippen LogP contribution is -1.81. The summed E-state index contributed by atoms with van der Waals surface area (Å²) in [6.07, 6.45) is 4.11. The third-order valence-electron chi connectivity index (χ3n) is 1.82. The Balaban J connectivity index is 2.54. The number of thiophene rings is 1. The Morgan fingerprint density at radius 3 is 3.00 bits per heavy atom. The quantitative estimate of drug-likeness (QED) is 0.732. The lowest BCUT2D eigenvalue weighted by Gasteiger charge is -1.98. The van der Waals surface area contributed by atoms with Crippen molar-refractivity contribution in [1.82, 2.24) is 4.98 Å². The van der Waals surface area contributed by atoms with Crippen LogP contribution < -0.4 is 0 Å². The molecule has 0 atom stereocenters. The van der Waals surface area contributed by atoms with Crippen LogP contribution in [-0.2, 0) is 0 Å². The Labute approximate surface area is 90.2 Å². The Morgan fingerprint density at radius 1 is 1.43 bits per heavy atom. The first-order valence-electron chi connectivity index (χ1n) is 3.95. The maximum atomic E-state index is 10.7. The summed E-state index contributed by atoms with van der Waals surface area (Å²) < 4.78 is 0. The van der Waals surface area contributed by atoms with Gasteiger partial charge in [-0.15, -0.1) is 11.3 Å². The predicted octanol–water partition coefficient (Wildman–Crippen LogP) is 3.28. The van der Waals surface area contributed by atoms with Crippen molar-refractivity contribution in [2.24, 2.45) is 0 Å². The molecule has 2 heterocycles. The van der Waals surface area contributed by atoms with Gasteiger partial charge in [-0.25, -0.2) is 0 Å². The summed E-state index contributed by atoms with van der Waals surface area (Å²) in [5.41, 5.74) is 1.76. The van der Waals surface area contributed by atoms with Gasteiger partial charge in [0, 0.05) is 23.5 Å². The van der Waals surface area contributed by atoms with Gasteiger partial charge in [0.05, 0.1) is 9.90 Å². The number of aldehydes is 1. The first-order valence-corrected chi connectivity index (χ1v) is 5.20. The lowest BCUT2D eigenvalue weighted by molar-refractivity contribution is 0.112. The fraction of sp³-hybridized carbons (Fsp3) is 0. The summed E-state index contributed by atoms with van der Waals surface area (Å²) in [5.74, 6) is 0. The molecule has 0 aliphatic carbocycles. The fourth-order valence-corrected chi connectivity index (χ4v) is 2.10. The van der Waals surface area contributed by atoms with Crippen molar-refractivity contribution in [3.8, 4) is 11.1 Å². The fourth-order valence-electron chi connectivity index (χ4n) is 1.21. The van der Waals surface area contributed by atoms with Gasteiger partial charge in [0.25, 0.3) is 0 Å². The van der Waals surface area contributed by atoms with E-state index in [0.717, 1.165) is 17.4 Å². The van der Waals surface area contributed by atoms with Crippen LogP contribution in [0.25, 0.3) is 11.1 Å². The van der Waals surface area contributed by atoms with Gasteiger partial charge in [-0.2, -0.15) is 0 Å². The smallest absolute Gasteiger partial charge is 0.160 e. The molecule has 0 N–H and O–H groups in total. The molecule has 0 radical (unpaired) electrons. The van der Waals surface area contributed by atoms with Crippen LogP contribution in [0.1, 0.15) is 9.67 Å². The van der Waals surface area contributed by atoms with Gasteiger partial charge in [0.2, 0.25) is 0 Å². The minimum Gasteiger partial charge on any atom is -0.297 e. The van der Waals surface area contributed by atoms with E-state index in [1.807, 2.05) is 11.4 Å². The van der Waals surface area contributed by atoms with Crippen LogP contribution in [0, 0.1) is 0 Å². The van der Waals surface area contributed by atoms with Crippen molar-refractivity contribution in [3.63, 3.8) is 0 Å². The van der Waals surface area contributed by atoms with Crippen LogP contribution in [-0.4, -0.2) is 11.3 Å². The van der Waals surface area contributed by atoms with Crippen LogP contribution in [0.15, 0.2) is 29.9 Å². The van der Waals surface area contributed by atoms with Crippen LogP contribution in [0.5, 0.6) is 0 Å². The van der Waals surface area contributed by atoms with E-state index in [0.29, 0.717) is 9.90 Å². The topological polar surface area (TPSA) is 30.0 Å². The second-order valence-electron chi connectivity index (χ2n) is 2.71. The molecule has 2 aromatic rings. The van der Waals surface area contributed by atoms with Crippen molar-refractivity contribution < 1.29 is 4.79 Å². The Hall–Kier alpha value is -1.19. The van der Waals surface area contributed by atoms with Crippen LogP contribution in [0.4, 0.5) is 0 Å². The maximum Gasteiger partial charge on any atom is 0.160 e. The zero-order valence-electron chi connectivity index (χ0n) is 7.11. The van der Waals surface area contributed by atoms with Crippen molar-refractivity contribution in [2.75, 3.05) is 0 Å². The predicted molar refractivity (Wildman–Crippen MR) is 57.9 cm³/mol. The van der Waals surface area contributed by atoms with E-state index >= 15 is 0 Å². The lowest BCUT2D eigenvalue weighted by atomic mass is 10.1. The molecule has 0 aliphatic heterocycles. The molecule has 0 amide bonds. The molecule has 0 aromatic carbocycles. The maximum absolute atomic E-state index is 10.7. The molecular weight excluding hydrogens is 218 g/mol. The van der Waals surface area contributed by atoms with Gasteiger partial charge in [-0.05, 0) is 17.5 Å². The van der Waals surface area contributed by atoms with Gasteiger partial charge >= 0.3 is 0 Å². The number of nitrogens with zero attached hydrogens (tertiary/aromatic N) is 1. The molecule has 4 heteroatoms. The first-order chi connectivity index (χ1) is 6.81. The third kappa shape index (κ3) is 1.69. The van der Waals surface area contributed by atoms with E-state index in [2.05, 4.69) is 4.98 Å². The molecule has 0 saturated heterocycles. The largest absolute Gasteiger partial charge is 0.297 e. The van der Waals surface area contributed by atoms with E-state index in [1.54, 1.807) is 18.5 Å². The molecule has 0 bridgehead atoms. The second-order valence-corrected chi connectivity index (χ2v) is 4.09. The molecule has 0 spiro atoms. The molecule has 2 aromatic heterocycles. The number of hydrogen-bond acceptors (Lipinski definition) is 3. The van der Waals surface area contributed by atoms with Crippen molar-refractivity contribution >= 4 is 29.2 Å². The second kappa shape index (κ2) is 3.90. The zero-order chi connectivity index (χ0) is 9.97. The van der Waals surface area contributed by atoms with E-state index in [-0.39, 0.29) is 0 Å². The number of pyridine rings is 1. The normalized spacial score (nSPS) is 10.1. The Kier molecular flexibility index (Phi) is 2.61. The highest BCUT2D eigenvalue weighted by Crippen LogP contribution is 2.27. The first kappa shape index (κ1) is 9.37. The van der Waals surface area contributed by atoms with Crippen molar-refractivity contribution in [3.05, 3.63) is 39.8 Å². The highest BCUT2D eigenvalue weighted by molar-refractivity contribution is 7.12. The van der Waals surface area contributed by atoms with Gasteiger partial charge in [-0.1, -0.05) is 11.6 Å². The minimum atomic E-state index is 0.575. The van der Waals surface area contributed by atoms with Crippen LogP contribution >= 0.6 is 22.9 Å². The molecule has 2 rings (SSSR count).